The minimum absolute atomic E-state index is 0.577. The minimum Gasteiger partial charge on any atom is -0.335 e. The number of nitrogens with one attached hydrogen (secondary N) is 1. The highest BCUT2D eigenvalue weighted by atomic mass is 15.1. The molecular weight excluding hydrogens is 284 g/mol. The summed E-state index contributed by atoms with van der Waals surface area (Å²) in [5.41, 5.74) is 3.85. The molecule has 4 rings (SSSR count). The van der Waals surface area contributed by atoms with Gasteiger partial charge in [-0.15, -0.1) is 0 Å². The van der Waals surface area contributed by atoms with Gasteiger partial charge in [-0.25, -0.2) is 4.98 Å². The summed E-state index contributed by atoms with van der Waals surface area (Å²) in [6, 6.07) is 4.57. The second-order valence-corrected chi connectivity index (χ2v) is 7.25. The van der Waals surface area contributed by atoms with Gasteiger partial charge >= 0.3 is 0 Å². The highest BCUT2D eigenvalue weighted by Crippen LogP contribution is 2.27. The number of fused-ring (bicyclic) bond motifs is 1. The number of hydrogen-bond acceptors (Lipinski definition) is 3. The van der Waals surface area contributed by atoms with E-state index in [9.17, 15) is 0 Å². The lowest BCUT2D eigenvalue weighted by molar-refractivity contribution is 0.221. The van der Waals surface area contributed by atoms with Crippen molar-refractivity contribution in [2.75, 3.05) is 26.2 Å². The Morgan fingerprint density at radius 2 is 2.04 bits per heavy atom. The Balaban J connectivity index is 1.60. The van der Waals surface area contributed by atoms with Gasteiger partial charge in [0.15, 0.2) is 0 Å². The van der Waals surface area contributed by atoms with Gasteiger partial charge in [-0.1, -0.05) is 6.42 Å². The van der Waals surface area contributed by atoms with Crippen molar-refractivity contribution in [2.45, 2.75) is 44.6 Å². The molecule has 2 aromatic heterocycles. The maximum absolute atomic E-state index is 5.02. The van der Waals surface area contributed by atoms with Crippen molar-refractivity contribution in [3.8, 4) is 0 Å². The summed E-state index contributed by atoms with van der Waals surface area (Å²) >= 11 is 0. The van der Waals surface area contributed by atoms with E-state index in [1.165, 1.54) is 61.8 Å². The standard InChI is InChI=1S/C19H28N4/c1-22-13-16(14-23-10-3-2-4-11-23)17-7-8-18(21-19(17)22)15-6-5-9-20-12-15/h7-8,13,15,20H,2-6,9-12,14H2,1H3. The number of aromatic nitrogens is 2. The third-order valence-electron chi connectivity index (χ3n) is 5.48. The van der Waals surface area contributed by atoms with Crippen LogP contribution in [-0.2, 0) is 13.6 Å². The van der Waals surface area contributed by atoms with Crippen LogP contribution in [0.1, 0.15) is 49.3 Å². The summed E-state index contributed by atoms with van der Waals surface area (Å²) in [7, 11) is 2.14. The van der Waals surface area contributed by atoms with Crippen LogP contribution in [0, 0.1) is 0 Å². The molecule has 2 saturated heterocycles. The lowest BCUT2D eigenvalue weighted by Gasteiger charge is -2.26. The van der Waals surface area contributed by atoms with Crippen LogP contribution in [0.5, 0.6) is 0 Å². The molecule has 124 valence electrons. The number of aryl methyl sites for hydroxylation is 1. The first-order chi connectivity index (χ1) is 11.3. The molecule has 0 amide bonds. The fraction of sp³-hybridized carbons (Fsp3) is 0.632. The van der Waals surface area contributed by atoms with Crippen LogP contribution in [0.15, 0.2) is 18.3 Å². The summed E-state index contributed by atoms with van der Waals surface area (Å²) in [6.07, 6.45) is 8.90. The number of nitrogens with zero attached hydrogens (tertiary/aromatic N) is 3. The summed E-state index contributed by atoms with van der Waals surface area (Å²) in [6.45, 7) is 5.79. The third-order valence-corrected chi connectivity index (χ3v) is 5.48. The number of rotatable bonds is 3. The number of likely N-dealkylation sites (tertiary alicyclic amines) is 1. The van der Waals surface area contributed by atoms with Crippen LogP contribution >= 0.6 is 0 Å². The molecule has 4 heteroatoms. The molecule has 4 nitrogen and oxygen atoms in total. The van der Waals surface area contributed by atoms with Crippen LogP contribution in [0.3, 0.4) is 0 Å². The SMILES string of the molecule is Cn1cc(CN2CCCCC2)c2ccc(C3CCCNC3)nc21. The van der Waals surface area contributed by atoms with Crippen molar-refractivity contribution in [2.24, 2.45) is 7.05 Å². The van der Waals surface area contributed by atoms with E-state index in [1.54, 1.807) is 0 Å². The lowest BCUT2D eigenvalue weighted by atomic mass is 9.95. The molecule has 2 aromatic rings. The minimum atomic E-state index is 0.577. The predicted molar refractivity (Wildman–Crippen MR) is 94.7 cm³/mol. The molecule has 0 radical (unpaired) electrons. The van der Waals surface area contributed by atoms with Gasteiger partial charge in [0.25, 0.3) is 0 Å². The van der Waals surface area contributed by atoms with Crippen molar-refractivity contribution in [3.63, 3.8) is 0 Å². The normalized spacial score (nSPS) is 23.4. The monoisotopic (exact) mass is 312 g/mol. The van der Waals surface area contributed by atoms with Crippen molar-refractivity contribution in [3.05, 3.63) is 29.6 Å². The van der Waals surface area contributed by atoms with E-state index in [-0.39, 0.29) is 0 Å². The maximum Gasteiger partial charge on any atom is 0.140 e. The van der Waals surface area contributed by atoms with Gasteiger partial charge in [0.2, 0.25) is 0 Å². The van der Waals surface area contributed by atoms with Gasteiger partial charge in [-0.3, -0.25) is 4.90 Å². The van der Waals surface area contributed by atoms with Crippen LogP contribution < -0.4 is 5.32 Å². The van der Waals surface area contributed by atoms with Crippen LogP contribution in [0.4, 0.5) is 0 Å². The summed E-state index contributed by atoms with van der Waals surface area (Å²) in [4.78, 5) is 7.61. The number of hydrogen-bond donors (Lipinski definition) is 1. The highest BCUT2D eigenvalue weighted by Gasteiger charge is 2.19. The highest BCUT2D eigenvalue weighted by molar-refractivity contribution is 5.80. The van der Waals surface area contributed by atoms with E-state index >= 15 is 0 Å². The Kier molecular flexibility index (Phi) is 4.36. The molecule has 1 unspecified atom stereocenters. The smallest absolute Gasteiger partial charge is 0.140 e. The predicted octanol–water partition coefficient (Wildman–Crippen LogP) is 3.03. The second-order valence-electron chi connectivity index (χ2n) is 7.25. The van der Waals surface area contributed by atoms with Crippen LogP contribution in [-0.4, -0.2) is 40.6 Å². The van der Waals surface area contributed by atoms with Crippen LogP contribution in [0.2, 0.25) is 0 Å². The van der Waals surface area contributed by atoms with Gasteiger partial charge in [0.1, 0.15) is 5.65 Å². The zero-order valence-electron chi connectivity index (χ0n) is 14.2. The average molecular weight is 312 g/mol. The molecule has 23 heavy (non-hydrogen) atoms. The van der Waals surface area contributed by atoms with Gasteiger partial charge in [0, 0.05) is 43.3 Å². The molecule has 0 aromatic carbocycles. The lowest BCUT2D eigenvalue weighted by Crippen LogP contribution is -2.29. The summed E-state index contributed by atoms with van der Waals surface area (Å²) in [5, 5.41) is 4.84. The number of piperidine rings is 2. The molecule has 4 heterocycles. The van der Waals surface area contributed by atoms with E-state index in [2.05, 4.69) is 40.2 Å². The van der Waals surface area contributed by atoms with E-state index in [4.69, 9.17) is 4.98 Å². The zero-order valence-corrected chi connectivity index (χ0v) is 14.2. The van der Waals surface area contributed by atoms with Gasteiger partial charge < -0.3 is 9.88 Å². The van der Waals surface area contributed by atoms with Gasteiger partial charge in [-0.2, -0.15) is 0 Å². The fourth-order valence-electron chi connectivity index (χ4n) is 4.16. The van der Waals surface area contributed by atoms with E-state index < -0.39 is 0 Å². The molecule has 0 saturated carbocycles. The quantitative estimate of drug-likeness (QED) is 0.946. The molecule has 2 aliphatic heterocycles. The van der Waals surface area contributed by atoms with Crippen LogP contribution in [0.25, 0.3) is 11.0 Å². The first-order valence-electron chi connectivity index (χ1n) is 9.19. The Morgan fingerprint density at radius 3 is 2.83 bits per heavy atom. The second kappa shape index (κ2) is 6.62. The van der Waals surface area contributed by atoms with Crippen molar-refractivity contribution in [1.29, 1.82) is 0 Å². The largest absolute Gasteiger partial charge is 0.335 e. The average Bonchev–Trinajstić information content (AvgIpc) is 2.92. The maximum atomic E-state index is 5.02. The molecule has 0 spiro atoms. The van der Waals surface area contributed by atoms with Gasteiger partial charge in [-0.05, 0) is 63.0 Å². The number of pyridine rings is 1. The summed E-state index contributed by atoms with van der Waals surface area (Å²) < 4.78 is 2.22. The Labute approximate surface area is 138 Å². The third kappa shape index (κ3) is 3.15. The molecule has 2 fully saturated rings. The first kappa shape index (κ1) is 15.2. The topological polar surface area (TPSA) is 33.1 Å². The first-order valence-corrected chi connectivity index (χ1v) is 9.19. The van der Waals surface area contributed by atoms with E-state index in [0.717, 1.165) is 25.3 Å². The molecule has 2 aliphatic rings. The molecular formula is C19H28N4. The summed E-state index contributed by atoms with van der Waals surface area (Å²) in [5.74, 6) is 0.577. The van der Waals surface area contributed by atoms with Crippen molar-refractivity contribution >= 4 is 11.0 Å². The Bertz CT molecular complexity index is 663. The molecule has 0 bridgehead atoms. The van der Waals surface area contributed by atoms with E-state index in [1.807, 2.05) is 0 Å². The fourth-order valence-corrected chi connectivity index (χ4v) is 4.16. The van der Waals surface area contributed by atoms with Gasteiger partial charge in [0.05, 0.1) is 0 Å². The molecule has 0 aliphatic carbocycles. The Morgan fingerprint density at radius 1 is 1.17 bits per heavy atom. The van der Waals surface area contributed by atoms with Crippen molar-refractivity contribution in [1.82, 2.24) is 19.8 Å². The van der Waals surface area contributed by atoms with Crippen molar-refractivity contribution < 1.29 is 0 Å². The Hall–Kier alpha value is -1.39. The molecule has 1 N–H and O–H groups in total. The van der Waals surface area contributed by atoms with E-state index in [0.29, 0.717) is 5.92 Å². The zero-order chi connectivity index (χ0) is 15.6. The molecule has 1 atom stereocenters.